The van der Waals surface area contributed by atoms with Gasteiger partial charge in [-0.05, 0) is 24.3 Å². The second-order valence-corrected chi connectivity index (χ2v) is 5.93. The summed E-state index contributed by atoms with van der Waals surface area (Å²) in [6.45, 7) is -0.494. The Balaban J connectivity index is 1.78. The third-order valence-electron chi connectivity index (χ3n) is 3.91. The molecule has 10 nitrogen and oxygen atoms in total. The van der Waals surface area contributed by atoms with Crippen molar-refractivity contribution in [2.45, 2.75) is 6.54 Å². The monoisotopic (exact) mass is 399 g/mol. The zero-order chi connectivity index (χ0) is 21.0. The molecule has 0 radical (unpaired) electrons. The molecule has 1 aliphatic heterocycles. The van der Waals surface area contributed by atoms with E-state index in [1.165, 1.54) is 25.3 Å². The van der Waals surface area contributed by atoms with Crippen LogP contribution in [0.2, 0.25) is 0 Å². The van der Waals surface area contributed by atoms with Gasteiger partial charge < -0.3 is 24.9 Å². The lowest BCUT2D eigenvalue weighted by molar-refractivity contribution is -0.123. The number of furan rings is 1. The molecule has 1 saturated heterocycles. The maximum atomic E-state index is 12.6. The lowest BCUT2D eigenvalue weighted by Crippen LogP contribution is -2.30. The molecule has 1 aliphatic rings. The van der Waals surface area contributed by atoms with Gasteiger partial charge in [0.05, 0.1) is 13.7 Å². The lowest BCUT2D eigenvalue weighted by atomic mass is 10.1. The van der Waals surface area contributed by atoms with Gasteiger partial charge in [0.2, 0.25) is 5.76 Å². The van der Waals surface area contributed by atoms with Crippen molar-refractivity contribution >= 4 is 29.9 Å². The second-order valence-electron chi connectivity index (χ2n) is 5.93. The number of hydrogen-bond acceptors (Lipinski definition) is 7. The molecule has 2 heterocycles. The molecule has 2 aromatic rings. The van der Waals surface area contributed by atoms with Gasteiger partial charge in [-0.15, -0.1) is 0 Å². The van der Waals surface area contributed by atoms with Crippen molar-refractivity contribution in [1.29, 1.82) is 0 Å². The quantitative estimate of drug-likeness (QED) is 0.402. The number of carbonyl (C=O) groups excluding carboxylic acids is 4. The van der Waals surface area contributed by atoms with Crippen LogP contribution in [0.3, 0.4) is 0 Å². The molecule has 0 bridgehead atoms. The Kier molecular flexibility index (Phi) is 5.63. The number of primary amides is 1. The number of ether oxygens (including phenoxy) is 2. The summed E-state index contributed by atoms with van der Waals surface area (Å²) < 4.78 is 15.2. The minimum Gasteiger partial charge on any atom is -0.483 e. The molecule has 0 atom stereocenters. The van der Waals surface area contributed by atoms with Crippen molar-refractivity contribution in [3.8, 4) is 5.75 Å². The fraction of sp³-hybridized carbons (Fsp3) is 0.158. The molecule has 0 aliphatic carbocycles. The maximum Gasteiger partial charge on any atom is 0.373 e. The molecule has 150 valence electrons. The highest BCUT2D eigenvalue weighted by atomic mass is 16.5. The summed E-state index contributed by atoms with van der Waals surface area (Å²) in [6.07, 6.45) is 1.43. The van der Waals surface area contributed by atoms with Crippen molar-refractivity contribution in [2.75, 3.05) is 13.7 Å². The first-order valence-electron chi connectivity index (χ1n) is 8.40. The van der Waals surface area contributed by atoms with Crippen LogP contribution in [0.5, 0.6) is 5.75 Å². The van der Waals surface area contributed by atoms with Crippen LogP contribution in [0, 0.1) is 0 Å². The highest BCUT2D eigenvalue weighted by Gasteiger charge is 2.34. The van der Waals surface area contributed by atoms with Crippen molar-refractivity contribution in [3.05, 3.63) is 59.2 Å². The number of nitrogens with one attached hydrogen (secondary N) is 1. The summed E-state index contributed by atoms with van der Waals surface area (Å²) >= 11 is 0. The predicted molar refractivity (Wildman–Crippen MR) is 98.2 cm³/mol. The molecule has 10 heteroatoms. The van der Waals surface area contributed by atoms with E-state index in [0.717, 1.165) is 4.90 Å². The fourth-order valence-electron chi connectivity index (χ4n) is 2.58. The maximum absolute atomic E-state index is 12.6. The summed E-state index contributed by atoms with van der Waals surface area (Å²) in [5.74, 6) is -1.37. The van der Waals surface area contributed by atoms with E-state index >= 15 is 0 Å². The van der Waals surface area contributed by atoms with E-state index in [0.29, 0.717) is 11.3 Å². The lowest BCUT2D eigenvalue weighted by Gasteiger charge is -2.09. The minimum atomic E-state index is -0.665. The van der Waals surface area contributed by atoms with Crippen molar-refractivity contribution in [2.24, 2.45) is 5.73 Å². The molecule has 4 amide bonds. The van der Waals surface area contributed by atoms with E-state index in [4.69, 9.17) is 14.9 Å². The number of urea groups is 1. The second kappa shape index (κ2) is 8.30. The molecule has 1 aromatic carbocycles. The van der Waals surface area contributed by atoms with Crippen molar-refractivity contribution in [1.82, 2.24) is 10.2 Å². The molecule has 0 unspecified atom stereocenters. The van der Waals surface area contributed by atoms with Crippen molar-refractivity contribution < 1.29 is 33.1 Å². The molecule has 0 spiro atoms. The molecule has 1 aromatic heterocycles. The van der Waals surface area contributed by atoms with Gasteiger partial charge >= 0.3 is 12.0 Å². The molecular weight excluding hydrogens is 382 g/mol. The van der Waals surface area contributed by atoms with Gasteiger partial charge in [-0.3, -0.25) is 14.5 Å². The molecule has 29 heavy (non-hydrogen) atoms. The van der Waals surface area contributed by atoms with E-state index in [-0.39, 0.29) is 30.4 Å². The fourth-order valence-corrected chi connectivity index (χ4v) is 2.58. The van der Waals surface area contributed by atoms with Crippen LogP contribution in [0.25, 0.3) is 6.08 Å². The standard InChI is InChI=1S/C19H17N3O7/c1-27-18(25)15-7-6-12(29-15)9-22-17(24)13(21-19(22)26)8-11-4-2-3-5-14(11)28-10-16(20)23/h2-8H,9-10H2,1H3,(H2,20,23)(H,21,26). The first kappa shape index (κ1) is 19.7. The van der Waals surface area contributed by atoms with E-state index in [2.05, 4.69) is 10.1 Å². The van der Waals surface area contributed by atoms with Crippen LogP contribution in [-0.2, 0) is 20.9 Å². The predicted octanol–water partition coefficient (Wildman–Crippen LogP) is 1.02. The van der Waals surface area contributed by atoms with Gasteiger partial charge in [-0.1, -0.05) is 18.2 Å². The number of hydrogen-bond donors (Lipinski definition) is 2. The van der Waals surface area contributed by atoms with E-state index in [9.17, 15) is 19.2 Å². The normalized spacial score (nSPS) is 14.8. The Bertz CT molecular complexity index is 1010. The third-order valence-corrected chi connectivity index (χ3v) is 3.91. The summed E-state index contributed by atoms with van der Waals surface area (Å²) in [5.41, 5.74) is 5.58. The smallest absolute Gasteiger partial charge is 0.373 e. The van der Waals surface area contributed by atoms with Gasteiger partial charge in [-0.25, -0.2) is 9.59 Å². The van der Waals surface area contributed by atoms with Gasteiger partial charge in [0, 0.05) is 5.56 Å². The molecule has 3 N–H and O–H groups in total. The van der Waals surface area contributed by atoms with Gasteiger partial charge in [0.25, 0.3) is 11.8 Å². The van der Waals surface area contributed by atoms with Gasteiger partial charge in [0.15, 0.2) is 6.61 Å². The van der Waals surface area contributed by atoms with E-state index in [1.807, 2.05) is 0 Å². The molecule has 3 rings (SSSR count). The van der Waals surface area contributed by atoms with Crippen LogP contribution >= 0.6 is 0 Å². The first-order valence-corrected chi connectivity index (χ1v) is 8.40. The summed E-state index contributed by atoms with van der Waals surface area (Å²) in [7, 11) is 1.21. The Morgan fingerprint density at radius 2 is 1.97 bits per heavy atom. The topological polar surface area (TPSA) is 141 Å². The largest absolute Gasteiger partial charge is 0.483 e. The number of para-hydroxylation sites is 1. The number of amides is 4. The summed E-state index contributed by atoms with van der Waals surface area (Å²) in [5, 5.41) is 2.47. The van der Waals surface area contributed by atoms with E-state index in [1.54, 1.807) is 24.3 Å². The average molecular weight is 399 g/mol. The zero-order valence-corrected chi connectivity index (χ0v) is 15.3. The number of nitrogens with two attached hydrogens (primary N) is 1. The number of esters is 1. The Morgan fingerprint density at radius 1 is 1.21 bits per heavy atom. The summed E-state index contributed by atoms with van der Waals surface area (Å²) in [4.78, 5) is 48.1. The Morgan fingerprint density at radius 3 is 2.69 bits per heavy atom. The average Bonchev–Trinajstić information content (AvgIpc) is 3.27. The van der Waals surface area contributed by atoms with Crippen LogP contribution < -0.4 is 15.8 Å². The SMILES string of the molecule is COC(=O)c1ccc(CN2C(=O)NC(=Cc3ccccc3OCC(N)=O)C2=O)o1. The number of rotatable bonds is 7. The van der Waals surface area contributed by atoms with Crippen LogP contribution in [-0.4, -0.2) is 42.4 Å². The van der Waals surface area contributed by atoms with E-state index < -0.39 is 23.8 Å². The minimum absolute atomic E-state index is 0.0184. The zero-order valence-electron chi connectivity index (χ0n) is 15.3. The number of carbonyl (C=O) groups is 4. The number of nitrogens with zero attached hydrogens (tertiary/aromatic N) is 1. The molecule has 0 saturated carbocycles. The highest BCUT2D eigenvalue weighted by Crippen LogP contribution is 2.23. The van der Waals surface area contributed by atoms with Crippen LogP contribution in [0.1, 0.15) is 21.9 Å². The van der Waals surface area contributed by atoms with Crippen molar-refractivity contribution in [3.63, 3.8) is 0 Å². The Hall–Kier alpha value is -4.08. The molecule has 1 fully saturated rings. The van der Waals surface area contributed by atoms with Crippen LogP contribution in [0.4, 0.5) is 4.79 Å². The first-order chi connectivity index (χ1) is 13.9. The summed E-state index contributed by atoms with van der Waals surface area (Å²) in [6, 6.07) is 8.87. The third kappa shape index (κ3) is 4.43. The van der Waals surface area contributed by atoms with Crippen LogP contribution in [0.15, 0.2) is 46.5 Å². The molecular formula is C19H17N3O7. The highest BCUT2D eigenvalue weighted by molar-refractivity contribution is 6.14. The number of benzene rings is 1. The van der Waals surface area contributed by atoms with Gasteiger partial charge in [0.1, 0.15) is 17.2 Å². The number of imide groups is 1. The number of methoxy groups -OCH3 is 1. The Labute approximate surface area is 164 Å². The van der Waals surface area contributed by atoms with Gasteiger partial charge in [-0.2, -0.15) is 0 Å².